The summed E-state index contributed by atoms with van der Waals surface area (Å²) in [6.45, 7) is 0. The minimum atomic E-state index is -1.16. The van der Waals surface area contributed by atoms with Gasteiger partial charge in [-0.15, -0.1) is 0 Å². The van der Waals surface area contributed by atoms with Crippen LogP contribution in [0, 0.1) is 5.92 Å². The van der Waals surface area contributed by atoms with Gasteiger partial charge in [-0.25, -0.2) is 0 Å². The van der Waals surface area contributed by atoms with E-state index in [1.54, 1.807) is 14.2 Å². The predicted octanol–water partition coefficient (Wildman–Crippen LogP) is 3.61. The van der Waals surface area contributed by atoms with Crippen LogP contribution in [0.3, 0.4) is 0 Å². The van der Waals surface area contributed by atoms with E-state index in [0.29, 0.717) is 11.5 Å². The lowest BCUT2D eigenvalue weighted by Gasteiger charge is -2.41. The van der Waals surface area contributed by atoms with E-state index in [4.69, 9.17) is 18.9 Å². The fourth-order valence-corrected chi connectivity index (χ4v) is 5.28. The van der Waals surface area contributed by atoms with E-state index in [9.17, 15) is 15.0 Å². The number of aliphatic carboxylic acids is 1. The molecule has 3 aromatic rings. The van der Waals surface area contributed by atoms with Gasteiger partial charge >= 0.3 is 5.97 Å². The van der Waals surface area contributed by atoms with Crippen molar-refractivity contribution in [1.29, 1.82) is 0 Å². The highest BCUT2D eigenvalue weighted by Gasteiger charge is 2.59. The highest BCUT2D eigenvalue weighted by atomic mass is 16.6. The Morgan fingerprint density at radius 2 is 1.37 bits per heavy atom. The zero-order valence-electron chi connectivity index (χ0n) is 19.5. The lowest BCUT2D eigenvalue weighted by molar-refractivity contribution is -0.153. The molecule has 2 heterocycles. The number of fused-ring (bicyclic) bond motifs is 2. The normalized spacial score (nSPS) is 25.4. The van der Waals surface area contributed by atoms with E-state index in [1.807, 2.05) is 78.9 Å². The third-order valence-corrected chi connectivity index (χ3v) is 7.06. The molecular formula is C28H28O7. The molecule has 5 unspecified atom stereocenters. The lowest BCUT2D eigenvalue weighted by atomic mass is 9.78. The molecule has 0 aromatic heterocycles. The highest BCUT2D eigenvalue weighted by molar-refractivity contribution is 5.71. The predicted molar refractivity (Wildman–Crippen MR) is 128 cm³/mol. The molecule has 2 saturated heterocycles. The van der Waals surface area contributed by atoms with Gasteiger partial charge < -0.3 is 29.2 Å². The fraction of sp³-hybridized carbons (Fsp3) is 0.321. The number of hydrogen-bond acceptors (Lipinski definition) is 6. The first-order valence-electron chi connectivity index (χ1n) is 11.6. The largest absolute Gasteiger partial charge is 0.497 e. The molecule has 182 valence electrons. The summed E-state index contributed by atoms with van der Waals surface area (Å²) in [7, 11) is 3.21. The van der Waals surface area contributed by atoms with Crippen molar-refractivity contribution in [3.63, 3.8) is 0 Å². The highest BCUT2D eigenvalue weighted by Crippen LogP contribution is 2.48. The molecule has 0 spiro atoms. The van der Waals surface area contributed by atoms with Gasteiger partial charge in [-0.2, -0.15) is 0 Å². The van der Waals surface area contributed by atoms with Crippen molar-refractivity contribution in [1.82, 2.24) is 0 Å². The number of benzene rings is 3. The van der Waals surface area contributed by atoms with Crippen LogP contribution < -0.4 is 9.47 Å². The van der Waals surface area contributed by atoms with Crippen molar-refractivity contribution in [2.75, 3.05) is 14.2 Å². The molecule has 7 nitrogen and oxygen atoms in total. The third kappa shape index (κ3) is 3.95. The fourth-order valence-electron chi connectivity index (χ4n) is 5.28. The molecule has 7 heteroatoms. The maximum absolute atomic E-state index is 11.9. The van der Waals surface area contributed by atoms with Crippen LogP contribution in [-0.2, 0) is 19.9 Å². The lowest BCUT2D eigenvalue weighted by Crippen LogP contribution is -2.50. The SMILES string of the molecule is COc1ccc(C(OC2C(O)C3CC(C(=O)O)C2O3)(c2ccccc2)c2ccc(OC)cc2)cc1. The van der Waals surface area contributed by atoms with E-state index in [2.05, 4.69) is 0 Å². The zero-order valence-corrected chi connectivity index (χ0v) is 19.5. The number of aliphatic hydroxyl groups excluding tert-OH is 1. The average Bonchev–Trinajstić information content (AvgIpc) is 3.47. The number of rotatable bonds is 8. The minimum Gasteiger partial charge on any atom is -0.497 e. The van der Waals surface area contributed by atoms with E-state index in [1.165, 1.54) is 0 Å². The van der Waals surface area contributed by atoms with Gasteiger partial charge in [-0.05, 0) is 47.4 Å². The molecule has 5 atom stereocenters. The van der Waals surface area contributed by atoms with Crippen LogP contribution in [0.25, 0.3) is 0 Å². The summed E-state index contributed by atoms with van der Waals surface area (Å²) < 4.78 is 23.6. The second-order valence-corrected chi connectivity index (χ2v) is 8.90. The van der Waals surface area contributed by atoms with Crippen molar-refractivity contribution in [3.05, 3.63) is 95.6 Å². The second-order valence-electron chi connectivity index (χ2n) is 8.90. The van der Waals surface area contributed by atoms with Gasteiger partial charge in [0.1, 0.15) is 35.4 Å². The van der Waals surface area contributed by atoms with Gasteiger partial charge in [0.15, 0.2) is 0 Å². The maximum atomic E-state index is 11.9. The number of methoxy groups -OCH3 is 2. The molecule has 2 bridgehead atoms. The van der Waals surface area contributed by atoms with Gasteiger partial charge in [0, 0.05) is 0 Å². The zero-order chi connectivity index (χ0) is 24.6. The summed E-state index contributed by atoms with van der Waals surface area (Å²) in [6, 6.07) is 24.8. The molecule has 0 radical (unpaired) electrons. The van der Waals surface area contributed by atoms with Crippen LogP contribution in [0.15, 0.2) is 78.9 Å². The Morgan fingerprint density at radius 3 is 1.83 bits per heavy atom. The molecule has 0 amide bonds. The average molecular weight is 477 g/mol. The molecule has 35 heavy (non-hydrogen) atoms. The summed E-state index contributed by atoms with van der Waals surface area (Å²) in [6.07, 6.45) is -2.86. The van der Waals surface area contributed by atoms with E-state index >= 15 is 0 Å². The van der Waals surface area contributed by atoms with Gasteiger partial charge in [0.25, 0.3) is 0 Å². The minimum absolute atomic E-state index is 0.268. The quantitative estimate of drug-likeness (QED) is 0.480. The number of ether oxygens (including phenoxy) is 4. The Balaban J connectivity index is 1.69. The first-order chi connectivity index (χ1) is 17.0. The van der Waals surface area contributed by atoms with E-state index < -0.39 is 41.9 Å². The van der Waals surface area contributed by atoms with Crippen LogP contribution in [0.1, 0.15) is 23.1 Å². The molecular weight excluding hydrogens is 448 g/mol. The summed E-state index contributed by atoms with van der Waals surface area (Å²) in [5.41, 5.74) is 1.27. The standard InChI is InChI=1S/C28H28O7/c1-32-20-12-8-18(9-13-20)28(17-6-4-3-5-7-17,19-10-14-21(33-2)15-11-19)35-26-24(29)23-16-22(27(30)31)25(26)34-23/h3-15,22-26,29H,16H2,1-2H3,(H,30,31). The number of carboxylic acid groups (broad SMARTS) is 1. The molecule has 0 saturated carbocycles. The van der Waals surface area contributed by atoms with Gasteiger partial charge in [0.05, 0.1) is 26.2 Å². The number of carboxylic acids is 1. The number of aliphatic hydroxyl groups is 1. The van der Waals surface area contributed by atoms with Crippen molar-refractivity contribution >= 4 is 5.97 Å². The molecule has 2 aliphatic heterocycles. The van der Waals surface area contributed by atoms with Gasteiger partial charge in [0.2, 0.25) is 0 Å². The summed E-state index contributed by atoms with van der Waals surface area (Å²) in [4.78, 5) is 11.9. The first-order valence-corrected chi connectivity index (χ1v) is 11.6. The number of hydrogen-bond donors (Lipinski definition) is 2. The first kappa shape index (κ1) is 23.4. The summed E-state index contributed by atoms with van der Waals surface area (Å²) in [5.74, 6) is -0.301. The van der Waals surface area contributed by atoms with Crippen molar-refractivity contribution in [3.8, 4) is 11.5 Å². The smallest absolute Gasteiger partial charge is 0.309 e. The van der Waals surface area contributed by atoms with Crippen LogP contribution in [-0.4, -0.2) is 54.8 Å². The van der Waals surface area contributed by atoms with Gasteiger partial charge in [-0.1, -0.05) is 54.6 Å². The Hall–Kier alpha value is -3.39. The molecule has 2 fully saturated rings. The van der Waals surface area contributed by atoms with Crippen LogP contribution >= 0.6 is 0 Å². The Morgan fingerprint density at radius 1 is 0.857 bits per heavy atom. The Labute approximate surface area is 203 Å². The van der Waals surface area contributed by atoms with E-state index in [0.717, 1.165) is 16.7 Å². The van der Waals surface area contributed by atoms with E-state index in [-0.39, 0.29) is 6.42 Å². The van der Waals surface area contributed by atoms with Crippen molar-refractivity contribution in [2.45, 2.75) is 36.4 Å². The molecule has 3 aromatic carbocycles. The topological polar surface area (TPSA) is 94.5 Å². The van der Waals surface area contributed by atoms with Crippen LogP contribution in [0.4, 0.5) is 0 Å². The van der Waals surface area contributed by atoms with Gasteiger partial charge in [-0.3, -0.25) is 4.79 Å². The Kier molecular flexibility index (Phi) is 6.23. The Bertz CT molecular complexity index is 1110. The third-order valence-electron chi connectivity index (χ3n) is 7.06. The molecule has 2 aliphatic rings. The van der Waals surface area contributed by atoms with Crippen LogP contribution in [0.5, 0.6) is 11.5 Å². The van der Waals surface area contributed by atoms with Crippen molar-refractivity contribution in [2.24, 2.45) is 5.92 Å². The number of carbonyl (C=O) groups is 1. The second kappa shape index (κ2) is 9.34. The maximum Gasteiger partial charge on any atom is 0.309 e. The molecule has 0 aliphatic carbocycles. The molecule has 2 N–H and O–H groups in total. The van der Waals surface area contributed by atoms with Crippen molar-refractivity contribution < 1.29 is 34.0 Å². The summed E-state index contributed by atoms with van der Waals surface area (Å²) >= 11 is 0. The van der Waals surface area contributed by atoms with Crippen LogP contribution in [0.2, 0.25) is 0 Å². The monoisotopic (exact) mass is 476 g/mol. The molecule has 5 rings (SSSR count). The summed E-state index contributed by atoms with van der Waals surface area (Å²) in [5, 5.41) is 20.8.